The minimum Gasteiger partial charge on any atom is -0.478 e. The summed E-state index contributed by atoms with van der Waals surface area (Å²) in [5, 5.41) is 0. The van der Waals surface area contributed by atoms with E-state index in [4.69, 9.17) is 9.47 Å². The fourth-order valence-electron chi connectivity index (χ4n) is 4.02. The second-order valence-electron chi connectivity index (χ2n) is 7.55. The highest BCUT2D eigenvalue weighted by Crippen LogP contribution is 2.33. The number of nitrogens with zero attached hydrogens (tertiary/aromatic N) is 4. The normalized spacial score (nSPS) is 23.3. The zero-order valence-corrected chi connectivity index (χ0v) is 16.2. The first-order chi connectivity index (χ1) is 13.2. The van der Waals surface area contributed by atoms with Crippen LogP contribution in [0, 0.1) is 6.92 Å². The van der Waals surface area contributed by atoms with Crippen LogP contribution in [-0.4, -0.2) is 86.2 Å². The van der Waals surface area contributed by atoms with Gasteiger partial charge in [-0.15, -0.1) is 0 Å². The average Bonchev–Trinajstić information content (AvgIpc) is 3.11. The van der Waals surface area contributed by atoms with Gasteiger partial charge in [-0.1, -0.05) is 0 Å². The topological polar surface area (TPSA) is 57.6 Å². The van der Waals surface area contributed by atoms with Crippen LogP contribution in [0.25, 0.3) is 0 Å². The standard InChI is InChI=1S/C20H28N4O3/c1-15-10-17-18(21-12-16-4-3-5-24(16)20(17)25)11-19(15)27-14-23-8-6-22(7-9-23)13-26-2/h10-12,16H,3-9,13-14H2,1-2H3/t16-/m0/s1. The number of rotatable bonds is 5. The van der Waals surface area contributed by atoms with Crippen LogP contribution >= 0.6 is 0 Å². The maximum Gasteiger partial charge on any atom is 0.256 e. The molecular weight excluding hydrogens is 344 g/mol. The molecule has 0 aliphatic carbocycles. The third-order valence-electron chi connectivity index (χ3n) is 5.65. The van der Waals surface area contributed by atoms with Gasteiger partial charge in [0, 0.05) is 52.1 Å². The molecule has 2 saturated heterocycles. The summed E-state index contributed by atoms with van der Waals surface area (Å²) in [5.74, 6) is 0.897. The Morgan fingerprint density at radius 1 is 1.11 bits per heavy atom. The zero-order valence-electron chi connectivity index (χ0n) is 16.2. The SMILES string of the molecule is COCN1CCN(COc2cc3c(cc2C)C(=O)N2CCC[C@H]2C=N3)CC1. The molecule has 0 saturated carbocycles. The van der Waals surface area contributed by atoms with E-state index < -0.39 is 0 Å². The van der Waals surface area contributed by atoms with E-state index in [9.17, 15) is 4.79 Å². The van der Waals surface area contributed by atoms with Gasteiger partial charge >= 0.3 is 0 Å². The number of fused-ring (bicyclic) bond motifs is 2. The first-order valence-corrected chi connectivity index (χ1v) is 9.72. The molecule has 1 atom stereocenters. The number of amides is 1. The van der Waals surface area contributed by atoms with E-state index in [2.05, 4.69) is 14.8 Å². The molecule has 3 aliphatic rings. The fraction of sp³-hybridized carbons (Fsp3) is 0.600. The van der Waals surface area contributed by atoms with Crippen molar-refractivity contribution < 1.29 is 14.3 Å². The van der Waals surface area contributed by atoms with Crippen molar-refractivity contribution >= 4 is 17.8 Å². The molecule has 0 bridgehead atoms. The van der Waals surface area contributed by atoms with Gasteiger partial charge in [0.2, 0.25) is 0 Å². The molecule has 7 nitrogen and oxygen atoms in total. The van der Waals surface area contributed by atoms with Crippen LogP contribution in [0.1, 0.15) is 28.8 Å². The van der Waals surface area contributed by atoms with Crippen molar-refractivity contribution in [2.24, 2.45) is 4.99 Å². The van der Waals surface area contributed by atoms with Gasteiger partial charge in [0.05, 0.1) is 24.0 Å². The van der Waals surface area contributed by atoms with Gasteiger partial charge in [-0.05, 0) is 31.4 Å². The molecule has 3 aliphatic heterocycles. The van der Waals surface area contributed by atoms with Crippen molar-refractivity contribution in [3.05, 3.63) is 23.3 Å². The minimum atomic E-state index is 0.0916. The average molecular weight is 372 g/mol. The maximum absolute atomic E-state index is 12.9. The lowest BCUT2D eigenvalue weighted by Crippen LogP contribution is -2.47. The van der Waals surface area contributed by atoms with Crippen LogP contribution in [0.3, 0.4) is 0 Å². The molecule has 146 valence electrons. The molecule has 0 unspecified atom stereocenters. The van der Waals surface area contributed by atoms with Crippen LogP contribution in [0.2, 0.25) is 0 Å². The Morgan fingerprint density at radius 3 is 2.59 bits per heavy atom. The molecule has 3 heterocycles. The molecule has 27 heavy (non-hydrogen) atoms. The van der Waals surface area contributed by atoms with Crippen LogP contribution in [0.4, 0.5) is 5.69 Å². The summed E-state index contributed by atoms with van der Waals surface area (Å²) in [6, 6.07) is 3.99. The molecule has 1 aromatic rings. The smallest absolute Gasteiger partial charge is 0.256 e. The number of aliphatic imine (C=N–C) groups is 1. The molecular formula is C20H28N4O3. The molecule has 0 radical (unpaired) electrons. The Bertz CT molecular complexity index is 728. The van der Waals surface area contributed by atoms with Gasteiger partial charge in [-0.25, -0.2) is 0 Å². The van der Waals surface area contributed by atoms with E-state index in [1.165, 1.54) is 0 Å². The summed E-state index contributed by atoms with van der Waals surface area (Å²) in [7, 11) is 1.73. The molecule has 7 heteroatoms. The molecule has 1 amide bonds. The van der Waals surface area contributed by atoms with Gasteiger partial charge < -0.3 is 14.4 Å². The van der Waals surface area contributed by atoms with E-state index in [-0.39, 0.29) is 11.9 Å². The molecule has 1 aromatic carbocycles. The monoisotopic (exact) mass is 372 g/mol. The maximum atomic E-state index is 12.9. The first kappa shape index (κ1) is 18.4. The number of hydrogen-bond donors (Lipinski definition) is 0. The van der Waals surface area contributed by atoms with Crippen LogP contribution in [0.15, 0.2) is 17.1 Å². The highest BCUT2D eigenvalue weighted by molar-refractivity contribution is 6.03. The first-order valence-electron chi connectivity index (χ1n) is 9.72. The highest BCUT2D eigenvalue weighted by Gasteiger charge is 2.32. The van der Waals surface area contributed by atoms with Crippen LogP contribution < -0.4 is 4.74 Å². The summed E-state index contributed by atoms with van der Waals surface area (Å²) in [6.07, 6.45) is 3.97. The summed E-state index contributed by atoms with van der Waals surface area (Å²) in [4.78, 5) is 24.0. The number of carbonyl (C=O) groups is 1. The van der Waals surface area contributed by atoms with Crippen molar-refractivity contribution in [3.63, 3.8) is 0 Å². The number of piperazine rings is 1. The summed E-state index contributed by atoms with van der Waals surface area (Å²) >= 11 is 0. The Hall–Kier alpha value is -1.96. The van der Waals surface area contributed by atoms with Crippen LogP contribution in [0.5, 0.6) is 5.75 Å². The highest BCUT2D eigenvalue weighted by atomic mass is 16.5. The van der Waals surface area contributed by atoms with Crippen molar-refractivity contribution in [3.8, 4) is 5.75 Å². The van der Waals surface area contributed by atoms with Gasteiger partial charge in [-0.3, -0.25) is 19.6 Å². The second kappa shape index (κ2) is 7.96. The lowest BCUT2D eigenvalue weighted by molar-refractivity contribution is 0.00746. The fourth-order valence-corrected chi connectivity index (χ4v) is 4.02. The lowest BCUT2D eigenvalue weighted by atomic mass is 10.1. The molecule has 0 aromatic heterocycles. The van der Waals surface area contributed by atoms with Gasteiger partial charge in [-0.2, -0.15) is 0 Å². The predicted molar refractivity (Wildman–Crippen MR) is 104 cm³/mol. The number of ether oxygens (including phenoxy) is 2. The second-order valence-corrected chi connectivity index (χ2v) is 7.55. The van der Waals surface area contributed by atoms with E-state index in [1.807, 2.05) is 30.2 Å². The van der Waals surface area contributed by atoms with Crippen molar-refractivity contribution in [1.82, 2.24) is 14.7 Å². The van der Waals surface area contributed by atoms with Crippen molar-refractivity contribution in [2.75, 3.05) is 53.3 Å². The Morgan fingerprint density at radius 2 is 1.85 bits per heavy atom. The summed E-state index contributed by atoms with van der Waals surface area (Å²) in [5.41, 5.74) is 2.39. The molecule has 0 N–H and O–H groups in total. The predicted octanol–water partition coefficient (Wildman–Crippen LogP) is 1.87. The lowest BCUT2D eigenvalue weighted by Gasteiger charge is -2.33. The number of hydrogen-bond acceptors (Lipinski definition) is 6. The Kier molecular flexibility index (Phi) is 5.43. The Labute approximate surface area is 160 Å². The van der Waals surface area contributed by atoms with Gasteiger partial charge in [0.25, 0.3) is 5.91 Å². The Balaban J connectivity index is 1.43. The van der Waals surface area contributed by atoms with Crippen molar-refractivity contribution in [2.45, 2.75) is 25.8 Å². The summed E-state index contributed by atoms with van der Waals surface area (Å²) < 4.78 is 11.3. The quantitative estimate of drug-likeness (QED) is 0.790. The van der Waals surface area contributed by atoms with E-state index in [0.29, 0.717) is 19.0 Å². The number of benzene rings is 1. The third-order valence-corrected chi connectivity index (χ3v) is 5.65. The number of carbonyl (C=O) groups excluding carboxylic acids is 1. The molecule has 2 fully saturated rings. The van der Waals surface area contributed by atoms with E-state index in [0.717, 1.165) is 62.6 Å². The largest absolute Gasteiger partial charge is 0.478 e. The van der Waals surface area contributed by atoms with E-state index in [1.54, 1.807) is 7.11 Å². The number of methoxy groups -OCH3 is 1. The van der Waals surface area contributed by atoms with E-state index >= 15 is 0 Å². The molecule has 0 spiro atoms. The third kappa shape index (κ3) is 3.85. The van der Waals surface area contributed by atoms with Crippen LogP contribution in [-0.2, 0) is 4.74 Å². The van der Waals surface area contributed by atoms with Gasteiger partial charge in [0.1, 0.15) is 12.5 Å². The van der Waals surface area contributed by atoms with Gasteiger partial charge in [0.15, 0.2) is 0 Å². The number of aryl methyl sites for hydroxylation is 1. The molecule has 4 rings (SSSR count). The minimum absolute atomic E-state index is 0.0916. The zero-order chi connectivity index (χ0) is 18.8. The van der Waals surface area contributed by atoms with Crippen molar-refractivity contribution in [1.29, 1.82) is 0 Å². The summed E-state index contributed by atoms with van der Waals surface area (Å²) in [6.45, 7) is 7.93.